The topological polar surface area (TPSA) is 29.3 Å². The summed E-state index contributed by atoms with van der Waals surface area (Å²) in [6, 6.07) is 0.467. The number of likely N-dealkylation sites (tertiary alicyclic amines) is 1. The average molecular weight is 190 g/mol. The first-order valence-electron chi connectivity index (χ1n) is 4.93. The minimum Gasteiger partial charge on any atom is -0.329 e. The molecule has 4 heteroatoms. The molecule has 1 aliphatic carbocycles. The number of nitrogens with two attached hydrogens (primary N) is 1. The highest BCUT2D eigenvalue weighted by Gasteiger charge is 2.46. The maximum absolute atomic E-state index is 12.5. The summed E-state index contributed by atoms with van der Waals surface area (Å²) in [6.45, 7) is 2.55. The first-order valence-corrected chi connectivity index (χ1v) is 4.93. The van der Waals surface area contributed by atoms with Gasteiger partial charge in [0.1, 0.15) is 0 Å². The Kier molecular flexibility index (Phi) is 2.28. The van der Waals surface area contributed by atoms with Crippen LogP contribution in [0.4, 0.5) is 8.78 Å². The van der Waals surface area contributed by atoms with E-state index in [9.17, 15) is 8.78 Å². The smallest absolute Gasteiger partial charge is 0.248 e. The monoisotopic (exact) mass is 190 g/mol. The van der Waals surface area contributed by atoms with Gasteiger partial charge in [-0.25, -0.2) is 8.78 Å². The molecule has 2 aliphatic rings. The zero-order valence-corrected chi connectivity index (χ0v) is 7.68. The molecule has 1 saturated heterocycles. The van der Waals surface area contributed by atoms with Crippen molar-refractivity contribution in [3.05, 3.63) is 0 Å². The molecule has 0 radical (unpaired) electrons. The SMILES string of the molecule is NCC1CCN1CC1CC(F)(F)C1. The fourth-order valence-electron chi connectivity index (χ4n) is 2.25. The molecule has 1 unspecified atom stereocenters. The molecule has 13 heavy (non-hydrogen) atoms. The molecule has 1 atom stereocenters. The van der Waals surface area contributed by atoms with Crippen LogP contribution < -0.4 is 5.73 Å². The van der Waals surface area contributed by atoms with Crippen molar-refractivity contribution in [2.45, 2.75) is 31.2 Å². The lowest BCUT2D eigenvalue weighted by atomic mass is 9.80. The van der Waals surface area contributed by atoms with Gasteiger partial charge < -0.3 is 5.73 Å². The number of alkyl halides is 2. The van der Waals surface area contributed by atoms with Crippen LogP contribution in [0.2, 0.25) is 0 Å². The van der Waals surface area contributed by atoms with Gasteiger partial charge in [-0.15, -0.1) is 0 Å². The highest BCUT2D eigenvalue weighted by molar-refractivity contribution is 4.92. The maximum Gasteiger partial charge on any atom is 0.248 e. The third-order valence-corrected chi connectivity index (χ3v) is 3.21. The molecule has 2 rings (SSSR count). The van der Waals surface area contributed by atoms with Gasteiger partial charge >= 0.3 is 0 Å². The normalized spacial score (nSPS) is 33.9. The Bertz CT molecular complexity index is 186. The lowest BCUT2D eigenvalue weighted by Gasteiger charge is -2.45. The second kappa shape index (κ2) is 3.17. The molecule has 2 nitrogen and oxygen atoms in total. The second-order valence-corrected chi connectivity index (χ2v) is 4.30. The van der Waals surface area contributed by atoms with Crippen LogP contribution in [0.15, 0.2) is 0 Å². The Labute approximate surface area is 77.1 Å². The molecule has 0 bridgehead atoms. The summed E-state index contributed by atoms with van der Waals surface area (Å²) in [5.41, 5.74) is 5.52. The van der Waals surface area contributed by atoms with Crippen molar-refractivity contribution in [2.24, 2.45) is 11.7 Å². The summed E-state index contributed by atoms with van der Waals surface area (Å²) in [7, 11) is 0. The van der Waals surface area contributed by atoms with Gasteiger partial charge in [-0.3, -0.25) is 4.90 Å². The van der Waals surface area contributed by atoms with E-state index in [0.29, 0.717) is 12.6 Å². The first kappa shape index (κ1) is 9.34. The summed E-state index contributed by atoms with van der Waals surface area (Å²) in [4.78, 5) is 2.24. The molecule has 0 amide bonds. The fourth-order valence-corrected chi connectivity index (χ4v) is 2.25. The number of hydrogen-bond donors (Lipinski definition) is 1. The van der Waals surface area contributed by atoms with Crippen molar-refractivity contribution < 1.29 is 8.78 Å². The van der Waals surface area contributed by atoms with Crippen molar-refractivity contribution in [3.63, 3.8) is 0 Å². The standard InChI is InChI=1S/C9H16F2N2/c10-9(11)3-7(4-9)6-13-2-1-8(13)5-12/h7-8H,1-6,12H2. The van der Waals surface area contributed by atoms with Crippen LogP contribution in [0.3, 0.4) is 0 Å². The van der Waals surface area contributed by atoms with Crippen LogP contribution in [0.25, 0.3) is 0 Å². The molecule has 2 fully saturated rings. The van der Waals surface area contributed by atoms with Crippen LogP contribution in [-0.4, -0.2) is 36.5 Å². The van der Waals surface area contributed by atoms with Crippen molar-refractivity contribution in [3.8, 4) is 0 Å². The Hall–Kier alpha value is -0.220. The summed E-state index contributed by atoms with van der Waals surface area (Å²) in [6.07, 6.45) is 1.31. The van der Waals surface area contributed by atoms with E-state index in [1.807, 2.05) is 0 Å². The van der Waals surface area contributed by atoms with Gasteiger partial charge in [-0.1, -0.05) is 0 Å². The Morgan fingerprint density at radius 1 is 1.38 bits per heavy atom. The average Bonchev–Trinajstić information content (AvgIpc) is 1.95. The molecular weight excluding hydrogens is 174 g/mol. The third kappa shape index (κ3) is 1.83. The fraction of sp³-hybridized carbons (Fsp3) is 1.00. The Balaban J connectivity index is 1.69. The summed E-state index contributed by atoms with van der Waals surface area (Å²) < 4.78 is 25.0. The summed E-state index contributed by atoms with van der Waals surface area (Å²) in [5, 5.41) is 0. The molecular formula is C9H16F2N2. The second-order valence-electron chi connectivity index (χ2n) is 4.30. The van der Waals surface area contributed by atoms with Crippen molar-refractivity contribution in [1.82, 2.24) is 4.90 Å². The quantitative estimate of drug-likeness (QED) is 0.721. The molecule has 2 N–H and O–H groups in total. The van der Waals surface area contributed by atoms with Gasteiger partial charge in [0.05, 0.1) is 0 Å². The molecule has 0 spiro atoms. The van der Waals surface area contributed by atoms with Crippen molar-refractivity contribution in [1.29, 1.82) is 0 Å². The van der Waals surface area contributed by atoms with Crippen molar-refractivity contribution >= 4 is 0 Å². The summed E-state index contributed by atoms with van der Waals surface area (Å²) in [5.74, 6) is -2.15. The van der Waals surface area contributed by atoms with Gasteiger partial charge in [-0.05, 0) is 12.3 Å². The first-order chi connectivity index (χ1) is 6.11. The predicted molar refractivity (Wildman–Crippen MR) is 46.7 cm³/mol. The molecule has 0 aromatic carbocycles. The molecule has 1 aliphatic heterocycles. The molecule has 0 aromatic rings. The molecule has 76 valence electrons. The van der Waals surface area contributed by atoms with E-state index in [0.717, 1.165) is 19.5 Å². The Morgan fingerprint density at radius 2 is 2.08 bits per heavy atom. The van der Waals surface area contributed by atoms with Crippen LogP contribution in [0.5, 0.6) is 0 Å². The lowest BCUT2D eigenvalue weighted by Crippen LogP contribution is -2.55. The van der Waals surface area contributed by atoms with E-state index in [1.165, 1.54) is 0 Å². The molecule has 1 heterocycles. The van der Waals surface area contributed by atoms with E-state index >= 15 is 0 Å². The minimum atomic E-state index is -2.37. The van der Waals surface area contributed by atoms with E-state index in [2.05, 4.69) is 4.90 Å². The van der Waals surface area contributed by atoms with Gasteiger partial charge in [0, 0.05) is 38.5 Å². The van der Waals surface area contributed by atoms with Crippen molar-refractivity contribution in [2.75, 3.05) is 19.6 Å². The number of nitrogens with zero attached hydrogens (tertiary/aromatic N) is 1. The van der Waals surface area contributed by atoms with E-state index < -0.39 is 5.92 Å². The van der Waals surface area contributed by atoms with Gasteiger partial charge in [0.15, 0.2) is 0 Å². The minimum absolute atomic E-state index is 0.0841. The van der Waals surface area contributed by atoms with Crippen LogP contribution in [0, 0.1) is 5.92 Å². The van der Waals surface area contributed by atoms with E-state index in [1.54, 1.807) is 0 Å². The van der Waals surface area contributed by atoms with E-state index in [4.69, 9.17) is 5.73 Å². The van der Waals surface area contributed by atoms with Crippen LogP contribution in [-0.2, 0) is 0 Å². The predicted octanol–water partition coefficient (Wildman–Crippen LogP) is 1.06. The highest BCUT2D eigenvalue weighted by Crippen LogP contribution is 2.43. The van der Waals surface area contributed by atoms with Crippen LogP contribution in [0.1, 0.15) is 19.3 Å². The zero-order chi connectivity index (χ0) is 9.47. The van der Waals surface area contributed by atoms with Gasteiger partial charge in [0.2, 0.25) is 5.92 Å². The molecule has 0 aromatic heterocycles. The number of rotatable bonds is 3. The highest BCUT2D eigenvalue weighted by atomic mass is 19.3. The van der Waals surface area contributed by atoms with Gasteiger partial charge in [0.25, 0.3) is 0 Å². The number of hydrogen-bond acceptors (Lipinski definition) is 2. The third-order valence-electron chi connectivity index (χ3n) is 3.21. The summed E-state index contributed by atoms with van der Waals surface area (Å²) >= 11 is 0. The lowest BCUT2D eigenvalue weighted by molar-refractivity contribution is -0.123. The van der Waals surface area contributed by atoms with E-state index in [-0.39, 0.29) is 18.8 Å². The van der Waals surface area contributed by atoms with Gasteiger partial charge in [-0.2, -0.15) is 0 Å². The zero-order valence-electron chi connectivity index (χ0n) is 7.68. The Morgan fingerprint density at radius 3 is 2.46 bits per heavy atom. The largest absolute Gasteiger partial charge is 0.329 e. The number of halogens is 2. The van der Waals surface area contributed by atoms with Crippen LogP contribution >= 0.6 is 0 Å². The molecule has 1 saturated carbocycles. The maximum atomic E-state index is 12.5.